The standard InChI is InChI=1S/C28H24N6O3/c35-20-7-9-33(10-8-20)19-5-6-24-23(15-29-34(24)16-19)26(36)30-18-13-28(14-18)11-17(12-28)25-21-3-1-2-4-22(21)27(37)32-31-25/h1-10,15-18H,11-14H2,(H,30,36)(H,32,37). The average Bonchev–Trinajstić information content (AvgIpc) is 3.29. The number of rotatable bonds is 4. The van der Waals surface area contributed by atoms with Crippen molar-refractivity contribution >= 4 is 22.2 Å². The van der Waals surface area contributed by atoms with E-state index >= 15 is 0 Å². The number of nitrogens with zero attached hydrogens (tertiary/aromatic N) is 4. The molecule has 2 aliphatic carbocycles. The summed E-state index contributed by atoms with van der Waals surface area (Å²) >= 11 is 0. The van der Waals surface area contributed by atoms with Crippen LogP contribution < -0.4 is 16.3 Å². The predicted molar refractivity (Wildman–Crippen MR) is 138 cm³/mol. The van der Waals surface area contributed by atoms with Crippen molar-refractivity contribution in [2.45, 2.75) is 37.6 Å². The van der Waals surface area contributed by atoms with Gasteiger partial charge in [0.25, 0.3) is 11.5 Å². The number of hydrogen-bond donors (Lipinski definition) is 2. The molecule has 1 aromatic carbocycles. The fraction of sp³-hybridized carbons (Fsp3) is 0.250. The van der Waals surface area contributed by atoms with Crippen LogP contribution in [0.25, 0.3) is 22.0 Å². The first-order valence-corrected chi connectivity index (χ1v) is 12.4. The third-order valence-electron chi connectivity index (χ3n) is 8.01. The SMILES string of the molecule is O=C(NC1CC2(C1)CC(c1n[nH]c(=O)c3ccccc13)C2)c1cnn2cc(-n3ccc(=O)cc3)ccc12. The van der Waals surface area contributed by atoms with Crippen molar-refractivity contribution in [1.82, 2.24) is 29.7 Å². The summed E-state index contributed by atoms with van der Waals surface area (Å²) in [5, 5.41) is 16.2. The smallest absolute Gasteiger partial charge is 0.272 e. The van der Waals surface area contributed by atoms with Crippen LogP contribution in [0.4, 0.5) is 0 Å². The van der Waals surface area contributed by atoms with E-state index in [1.807, 2.05) is 47.2 Å². The quantitative estimate of drug-likeness (QED) is 0.400. The molecule has 7 rings (SSSR count). The second kappa shape index (κ2) is 7.99. The molecule has 9 heteroatoms. The molecule has 37 heavy (non-hydrogen) atoms. The van der Waals surface area contributed by atoms with Gasteiger partial charge in [0.2, 0.25) is 0 Å². The highest BCUT2D eigenvalue weighted by Gasteiger charge is 2.54. The maximum Gasteiger partial charge on any atom is 0.272 e. The largest absolute Gasteiger partial charge is 0.349 e. The minimum Gasteiger partial charge on any atom is -0.349 e. The zero-order chi connectivity index (χ0) is 25.1. The monoisotopic (exact) mass is 492 g/mol. The molecule has 0 saturated heterocycles. The average molecular weight is 493 g/mol. The summed E-state index contributed by atoms with van der Waals surface area (Å²) in [6.45, 7) is 0. The van der Waals surface area contributed by atoms with Crippen molar-refractivity contribution in [3.05, 3.63) is 105 Å². The lowest BCUT2D eigenvalue weighted by atomic mass is 9.49. The first-order chi connectivity index (χ1) is 18.0. The maximum atomic E-state index is 13.0. The van der Waals surface area contributed by atoms with E-state index in [0.29, 0.717) is 16.9 Å². The number of carbonyl (C=O) groups is 1. The number of pyridine rings is 2. The van der Waals surface area contributed by atoms with Crippen LogP contribution in [0.15, 0.2) is 82.9 Å². The van der Waals surface area contributed by atoms with Gasteiger partial charge in [0.1, 0.15) is 0 Å². The normalized spacial score (nSPS) is 22.6. The fourth-order valence-electron chi connectivity index (χ4n) is 6.20. The van der Waals surface area contributed by atoms with Crippen LogP contribution in [0, 0.1) is 5.41 Å². The Morgan fingerprint density at radius 1 is 0.973 bits per heavy atom. The highest BCUT2D eigenvalue weighted by molar-refractivity contribution is 6.00. The molecular weight excluding hydrogens is 468 g/mol. The van der Waals surface area contributed by atoms with Crippen LogP contribution in [0.5, 0.6) is 0 Å². The van der Waals surface area contributed by atoms with Gasteiger partial charge in [-0.1, -0.05) is 18.2 Å². The Hall–Kier alpha value is -4.53. The van der Waals surface area contributed by atoms with E-state index < -0.39 is 0 Å². The van der Waals surface area contributed by atoms with E-state index in [-0.39, 0.29) is 28.4 Å². The minimum atomic E-state index is -0.152. The van der Waals surface area contributed by atoms with Gasteiger partial charge in [0.05, 0.1) is 40.2 Å². The first-order valence-electron chi connectivity index (χ1n) is 12.4. The Kier molecular flexibility index (Phi) is 4.69. The summed E-state index contributed by atoms with van der Waals surface area (Å²) in [5.74, 6) is 0.213. The lowest BCUT2D eigenvalue weighted by molar-refractivity contribution is -0.0196. The number of carbonyl (C=O) groups excluding carboxylic acids is 1. The molecule has 0 atom stereocenters. The van der Waals surface area contributed by atoms with Gasteiger partial charge >= 0.3 is 0 Å². The number of amides is 1. The summed E-state index contributed by atoms with van der Waals surface area (Å²) < 4.78 is 3.51. The van der Waals surface area contributed by atoms with Crippen LogP contribution in [-0.2, 0) is 0 Å². The van der Waals surface area contributed by atoms with Crippen molar-refractivity contribution in [2.75, 3.05) is 0 Å². The molecule has 2 saturated carbocycles. The number of aromatic nitrogens is 5. The topological polar surface area (TPSA) is 114 Å². The van der Waals surface area contributed by atoms with Gasteiger partial charge in [0, 0.05) is 41.9 Å². The molecule has 4 aromatic heterocycles. The Balaban J connectivity index is 1.01. The third-order valence-corrected chi connectivity index (χ3v) is 8.01. The molecule has 2 N–H and O–H groups in total. The zero-order valence-corrected chi connectivity index (χ0v) is 19.9. The van der Waals surface area contributed by atoms with E-state index in [0.717, 1.165) is 48.0 Å². The van der Waals surface area contributed by atoms with E-state index in [2.05, 4.69) is 20.6 Å². The van der Waals surface area contributed by atoms with E-state index in [4.69, 9.17) is 0 Å². The predicted octanol–water partition coefficient (Wildman–Crippen LogP) is 3.18. The van der Waals surface area contributed by atoms with Crippen molar-refractivity contribution in [2.24, 2.45) is 5.41 Å². The third kappa shape index (κ3) is 3.57. The number of H-pyrrole nitrogens is 1. The molecule has 1 amide bonds. The Bertz CT molecular complexity index is 1780. The summed E-state index contributed by atoms with van der Waals surface area (Å²) in [4.78, 5) is 36.5. The van der Waals surface area contributed by atoms with Gasteiger partial charge < -0.3 is 9.88 Å². The second-order valence-electron chi connectivity index (χ2n) is 10.4. The first kappa shape index (κ1) is 21.7. The lowest BCUT2D eigenvalue weighted by Gasteiger charge is -2.57. The maximum absolute atomic E-state index is 13.0. The molecule has 9 nitrogen and oxygen atoms in total. The molecule has 5 aromatic rings. The van der Waals surface area contributed by atoms with E-state index in [9.17, 15) is 14.4 Å². The van der Waals surface area contributed by atoms with Crippen LogP contribution in [0.2, 0.25) is 0 Å². The highest BCUT2D eigenvalue weighted by atomic mass is 16.2. The number of benzene rings is 1. The number of fused-ring (bicyclic) bond motifs is 2. The van der Waals surface area contributed by atoms with Gasteiger partial charge in [-0.05, 0) is 49.3 Å². The zero-order valence-electron chi connectivity index (χ0n) is 19.9. The summed E-state index contributed by atoms with van der Waals surface area (Å²) in [7, 11) is 0. The summed E-state index contributed by atoms with van der Waals surface area (Å²) in [5.41, 5.74) is 3.13. The van der Waals surface area contributed by atoms with Crippen LogP contribution in [0.3, 0.4) is 0 Å². The van der Waals surface area contributed by atoms with Gasteiger partial charge in [0.15, 0.2) is 5.43 Å². The van der Waals surface area contributed by atoms with Crippen LogP contribution >= 0.6 is 0 Å². The van der Waals surface area contributed by atoms with Gasteiger partial charge in [-0.2, -0.15) is 10.2 Å². The molecule has 0 unspecified atom stereocenters. The second-order valence-corrected chi connectivity index (χ2v) is 10.4. The summed E-state index contributed by atoms with van der Waals surface area (Å²) in [6.07, 6.45) is 10.8. The number of aromatic amines is 1. The molecule has 1 spiro atoms. The molecule has 4 heterocycles. The number of nitrogens with one attached hydrogen (secondary N) is 2. The van der Waals surface area contributed by atoms with Gasteiger partial charge in [-0.25, -0.2) is 9.61 Å². The lowest BCUT2D eigenvalue weighted by Crippen LogP contribution is -2.55. The highest BCUT2D eigenvalue weighted by Crippen LogP contribution is 2.62. The fourth-order valence-corrected chi connectivity index (χ4v) is 6.20. The van der Waals surface area contributed by atoms with Gasteiger partial charge in [-0.15, -0.1) is 0 Å². The molecule has 2 aliphatic rings. The van der Waals surface area contributed by atoms with Crippen molar-refractivity contribution < 1.29 is 4.79 Å². The summed E-state index contributed by atoms with van der Waals surface area (Å²) in [6, 6.07) is 14.6. The van der Waals surface area contributed by atoms with Crippen molar-refractivity contribution in [1.29, 1.82) is 0 Å². The van der Waals surface area contributed by atoms with Crippen molar-refractivity contribution in [3.63, 3.8) is 0 Å². The molecule has 0 bridgehead atoms. The number of hydrogen-bond acceptors (Lipinski definition) is 5. The molecule has 2 fully saturated rings. The Labute approximate surface area is 210 Å². The Morgan fingerprint density at radius 3 is 2.51 bits per heavy atom. The molecule has 0 aliphatic heterocycles. The Morgan fingerprint density at radius 2 is 1.73 bits per heavy atom. The van der Waals surface area contributed by atoms with Crippen molar-refractivity contribution in [3.8, 4) is 5.69 Å². The van der Waals surface area contributed by atoms with Crippen LogP contribution in [0.1, 0.15) is 47.7 Å². The molecular formula is C28H24N6O3. The van der Waals surface area contributed by atoms with E-state index in [1.54, 1.807) is 23.1 Å². The molecule has 184 valence electrons. The minimum absolute atomic E-state index is 0.0489. The molecule has 0 radical (unpaired) electrons. The van der Waals surface area contributed by atoms with E-state index in [1.165, 1.54) is 12.1 Å². The van der Waals surface area contributed by atoms with Crippen LogP contribution in [-0.4, -0.2) is 36.3 Å². The van der Waals surface area contributed by atoms with Gasteiger partial charge in [-0.3, -0.25) is 14.4 Å².